The molecule has 0 atom stereocenters. The summed E-state index contributed by atoms with van der Waals surface area (Å²) in [5, 5.41) is 2.95. The number of alkyl halides is 5. The highest BCUT2D eigenvalue weighted by Gasteiger charge is 2.40. The number of aromatic nitrogens is 2. The number of nitrogens with zero attached hydrogens (tertiary/aromatic N) is 2. The van der Waals surface area contributed by atoms with E-state index in [2.05, 4.69) is 5.10 Å². The maximum absolute atomic E-state index is 13.0. The largest absolute Gasteiger partial charge is 0.435 e. The summed E-state index contributed by atoms with van der Waals surface area (Å²) in [6.07, 6.45) is -4.74. The first kappa shape index (κ1) is 11.9. The molecule has 0 aliphatic heterocycles. The summed E-state index contributed by atoms with van der Waals surface area (Å²) in [5.41, 5.74) is 2.55. The Morgan fingerprint density at radius 1 is 1.33 bits per heavy atom. The fourth-order valence-corrected chi connectivity index (χ4v) is 1.05. The van der Waals surface area contributed by atoms with E-state index in [1.807, 2.05) is 0 Å². The minimum Gasteiger partial charge on any atom is -0.325 e. The number of rotatable bonds is 2. The zero-order chi connectivity index (χ0) is 11.9. The Kier molecular flexibility index (Phi) is 2.73. The topological polar surface area (TPSA) is 43.8 Å². The van der Waals surface area contributed by atoms with Gasteiger partial charge in [0.1, 0.15) is 5.69 Å². The summed E-state index contributed by atoms with van der Waals surface area (Å²) in [4.78, 5) is 0. The average Bonchev–Trinajstić information content (AvgIpc) is 2.47. The van der Waals surface area contributed by atoms with Crippen LogP contribution in [0, 0.1) is 0 Å². The third-order valence-electron chi connectivity index (χ3n) is 1.80. The minimum absolute atomic E-state index is 0.298. The van der Waals surface area contributed by atoms with Crippen LogP contribution in [0.1, 0.15) is 11.4 Å². The van der Waals surface area contributed by atoms with E-state index >= 15 is 0 Å². The van der Waals surface area contributed by atoms with Crippen LogP contribution in [0.3, 0.4) is 0 Å². The van der Waals surface area contributed by atoms with E-state index < -0.39 is 30.0 Å². The first-order chi connectivity index (χ1) is 6.68. The summed E-state index contributed by atoms with van der Waals surface area (Å²) < 4.78 is 62.8. The zero-order valence-corrected chi connectivity index (χ0v) is 7.65. The molecule has 0 saturated heterocycles. The van der Waals surface area contributed by atoms with Crippen molar-refractivity contribution in [2.45, 2.75) is 12.1 Å². The van der Waals surface area contributed by atoms with Gasteiger partial charge in [-0.3, -0.25) is 4.68 Å². The second-order valence-electron chi connectivity index (χ2n) is 2.94. The van der Waals surface area contributed by atoms with Crippen LogP contribution in [0.5, 0.6) is 0 Å². The van der Waals surface area contributed by atoms with Crippen molar-refractivity contribution in [1.82, 2.24) is 9.78 Å². The summed E-state index contributed by atoms with van der Waals surface area (Å²) in [7, 11) is 1.01. The van der Waals surface area contributed by atoms with Gasteiger partial charge in [-0.05, 0) is 6.07 Å². The van der Waals surface area contributed by atoms with Crippen LogP contribution in [-0.2, 0) is 19.1 Å². The van der Waals surface area contributed by atoms with E-state index in [1.54, 1.807) is 0 Å². The smallest absolute Gasteiger partial charge is 0.325 e. The molecule has 3 nitrogen and oxygen atoms in total. The normalized spacial score (nSPS) is 13.3. The lowest BCUT2D eigenvalue weighted by Gasteiger charge is -2.12. The van der Waals surface area contributed by atoms with Crippen molar-refractivity contribution in [1.29, 1.82) is 0 Å². The number of hydrogen-bond donors (Lipinski definition) is 1. The summed E-state index contributed by atoms with van der Waals surface area (Å²) in [6, 6.07) is 0.298. The molecule has 1 rings (SSSR count). The zero-order valence-electron chi connectivity index (χ0n) is 7.65. The summed E-state index contributed by atoms with van der Waals surface area (Å²) in [6.45, 7) is -1.07. The Hall–Kier alpha value is -1.18. The van der Waals surface area contributed by atoms with Crippen molar-refractivity contribution >= 4 is 0 Å². The SMILES string of the molecule is Cn1nc(C(F)(F)F)cc1C(F)(F)CN. The Morgan fingerprint density at radius 2 is 1.87 bits per heavy atom. The van der Waals surface area contributed by atoms with Crippen LogP contribution in [0.4, 0.5) is 22.0 Å². The summed E-state index contributed by atoms with van der Waals surface area (Å²) >= 11 is 0. The maximum Gasteiger partial charge on any atom is 0.435 e. The highest BCUT2D eigenvalue weighted by molar-refractivity contribution is 5.17. The van der Waals surface area contributed by atoms with Crippen molar-refractivity contribution in [3.05, 3.63) is 17.5 Å². The summed E-state index contributed by atoms with van der Waals surface area (Å²) in [5.74, 6) is -3.51. The predicted octanol–water partition coefficient (Wildman–Crippen LogP) is 1.49. The van der Waals surface area contributed by atoms with E-state index in [0.717, 1.165) is 7.05 Å². The predicted molar refractivity (Wildman–Crippen MR) is 41.2 cm³/mol. The number of aryl methyl sites for hydroxylation is 1. The Bertz CT molecular complexity index is 354. The number of hydrogen-bond acceptors (Lipinski definition) is 2. The molecule has 0 spiro atoms. The molecule has 1 aromatic rings. The standard InChI is InChI=1S/C7H8F5N3/c1-15-5(6(8,9)3-13)2-4(14-15)7(10,11)12/h2H,3,13H2,1H3. The van der Waals surface area contributed by atoms with Crippen LogP contribution >= 0.6 is 0 Å². The van der Waals surface area contributed by atoms with Gasteiger partial charge in [0.25, 0.3) is 0 Å². The highest BCUT2D eigenvalue weighted by Crippen LogP contribution is 2.33. The molecule has 0 saturated carbocycles. The molecule has 86 valence electrons. The minimum atomic E-state index is -4.74. The number of halogens is 5. The molecule has 0 amide bonds. The molecule has 0 aliphatic carbocycles. The third-order valence-corrected chi connectivity index (χ3v) is 1.80. The maximum atomic E-state index is 13.0. The van der Waals surface area contributed by atoms with Gasteiger partial charge >= 0.3 is 12.1 Å². The molecule has 1 heterocycles. The van der Waals surface area contributed by atoms with Crippen LogP contribution in [-0.4, -0.2) is 16.3 Å². The lowest BCUT2D eigenvalue weighted by molar-refractivity contribution is -0.141. The molecular weight excluding hydrogens is 221 g/mol. The van der Waals surface area contributed by atoms with Gasteiger partial charge in [0.05, 0.1) is 6.54 Å². The molecular formula is C7H8F5N3. The van der Waals surface area contributed by atoms with Crippen molar-refractivity contribution in [3.8, 4) is 0 Å². The fraction of sp³-hybridized carbons (Fsp3) is 0.571. The van der Waals surface area contributed by atoms with Gasteiger partial charge in [0.15, 0.2) is 5.69 Å². The van der Waals surface area contributed by atoms with Crippen LogP contribution in [0.15, 0.2) is 6.07 Å². The molecule has 0 radical (unpaired) electrons. The van der Waals surface area contributed by atoms with Crippen molar-refractivity contribution in [2.75, 3.05) is 6.54 Å². The van der Waals surface area contributed by atoms with Gasteiger partial charge in [-0.2, -0.15) is 27.1 Å². The number of nitrogens with two attached hydrogens (primary N) is 1. The second kappa shape index (κ2) is 3.44. The Labute approximate surface area is 81.7 Å². The van der Waals surface area contributed by atoms with Crippen molar-refractivity contribution in [2.24, 2.45) is 12.8 Å². The van der Waals surface area contributed by atoms with Gasteiger partial charge < -0.3 is 5.73 Å². The van der Waals surface area contributed by atoms with E-state index in [0.29, 0.717) is 10.7 Å². The van der Waals surface area contributed by atoms with E-state index in [-0.39, 0.29) is 0 Å². The Balaban J connectivity index is 3.18. The van der Waals surface area contributed by atoms with Crippen LogP contribution in [0.2, 0.25) is 0 Å². The first-order valence-corrected chi connectivity index (χ1v) is 3.88. The van der Waals surface area contributed by atoms with Gasteiger partial charge in [-0.15, -0.1) is 0 Å². The molecule has 0 bridgehead atoms. The van der Waals surface area contributed by atoms with Crippen molar-refractivity contribution in [3.63, 3.8) is 0 Å². The van der Waals surface area contributed by atoms with E-state index in [9.17, 15) is 22.0 Å². The monoisotopic (exact) mass is 229 g/mol. The lowest BCUT2D eigenvalue weighted by Crippen LogP contribution is -2.27. The molecule has 2 N–H and O–H groups in total. The molecule has 0 aromatic carbocycles. The van der Waals surface area contributed by atoms with Gasteiger partial charge in [0.2, 0.25) is 0 Å². The van der Waals surface area contributed by atoms with E-state index in [4.69, 9.17) is 5.73 Å². The van der Waals surface area contributed by atoms with Crippen molar-refractivity contribution < 1.29 is 22.0 Å². The molecule has 1 aromatic heterocycles. The van der Waals surface area contributed by atoms with Crippen LogP contribution in [0.25, 0.3) is 0 Å². The Morgan fingerprint density at radius 3 is 2.20 bits per heavy atom. The third kappa shape index (κ3) is 2.25. The molecule has 0 aliphatic rings. The van der Waals surface area contributed by atoms with Gasteiger partial charge in [-0.25, -0.2) is 0 Å². The van der Waals surface area contributed by atoms with Gasteiger partial charge in [0, 0.05) is 7.05 Å². The molecule has 0 unspecified atom stereocenters. The first-order valence-electron chi connectivity index (χ1n) is 3.88. The van der Waals surface area contributed by atoms with E-state index in [1.165, 1.54) is 0 Å². The highest BCUT2D eigenvalue weighted by atomic mass is 19.4. The van der Waals surface area contributed by atoms with Gasteiger partial charge in [-0.1, -0.05) is 0 Å². The quantitative estimate of drug-likeness (QED) is 0.781. The molecule has 0 fully saturated rings. The second-order valence-corrected chi connectivity index (χ2v) is 2.94. The average molecular weight is 229 g/mol. The fourth-order valence-electron chi connectivity index (χ4n) is 1.05. The molecule has 15 heavy (non-hydrogen) atoms. The molecule has 8 heteroatoms. The van der Waals surface area contributed by atoms with Crippen LogP contribution < -0.4 is 5.73 Å². The lowest BCUT2D eigenvalue weighted by atomic mass is 10.2.